The minimum absolute atomic E-state index is 0.133. The Morgan fingerprint density at radius 2 is 1.56 bits per heavy atom. The first-order valence-electron chi connectivity index (χ1n) is 10.5. The molecular formula is C24H26N6O4. The molecule has 0 spiro atoms. The van der Waals surface area contributed by atoms with Gasteiger partial charge >= 0.3 is 0 Å². The molecule has 0 fully saturated rings. The number of aryl methyl sites for hydroxylation is 2. The fourth-order valence-corrected chi connectivity index (χ4v) is 3.73. The van der Waals surface area contributed by atoms with Gasteiger partial charge in [-0.1, -0.05) is 0 Å². The summed E-state index contributed by atoms with van der Waals surface area (Å²) in [6.07, 6.45) is 0. The first-order valence-corrected chi connectivity index (χ1v) is 10.5. The molecule has 0 unspecified atom stereocenters. The van der Waals surface area contributed by atoms with Gasteiger partial charge in [0, 0.05) is 36.0 Å². The Labute approximate surface area is 196 Å². The lowest BCUT2D eigenvalue weighted by atomic mass is 10.2. The summed E-state index contributed by atoms with van der Waals surface area (Å²) in [7, 11) is 4.69. The van der Waals surface area contributed by atoms with Gasteiger partial charge in [-0.2, -0.15) is 0 Å². The molecule has 0 atom stereocenters. The van der Waals surface area contributed by atoms with Crippen LogP contribution in [0.2, 0.25) is 0 Å². The quantitative estimate of drug-likeness (QED) is 0.422. The molecule has 0 saturated heterocycles. The molecule has 10 heteroatoms. The van der Waals surface area contributed by atoms with Crippen molar-refractivity contribution in [2.45, 2.75) is 20.8 Å². The van der Waals surface area contributed by atoms with Crippen molar-refractivity contribution in [3.8, 4) is 28.6 Å². The average Bonchev–Trinajstić information content (AvgIpc) is 3.11. The number of nitrogens with one attached hydrogen (secondary N) is 2. The van der Waals surface area contributed by atoms with Crippen molar-refractivity contribution >= 4 is 28.6 Å². The summed E-state index contributed by atoms with van der Waals surface area (Å²) in [6, 6.07) is 10.9. The number of methoxy groups -OCH3 is 3. The third kappa shape index (κ3) is 4.29. The van der Waals surface area contributed by atoms with Gasteiger partial charge in [-0.3, -0.25) is 4.79 Å². The van der Waals surface area contributed by atoms with E-state index in [1.54, 1.807) is 38.0 Å². The van der Waals surface area contributed by atoms with Crippen molar-refractivity contribution in [3.05, 3.63) is 47.9 Å². The van der Waals surface area contributed by atoms with E-state index in [4.69, 9.17) is 24.3 Å². The highest BCUT2D eigenvalue weighted by Crippen LogP contribution is 2.41. The number of hydrogen-bond acceptors (Lipinski definition) is 8. The summed E-state index contributed by atoms with van der Waals surface area (Å²) in [6.45, 7) is 5.27. The van der Waals surface area contributed by atoms with Gasteiger partial charge in [-0.05, 0) is 38.1 Å². The second-order valence-electron chi connectivity index (χ2n) is 7.59. The van der Waals surface area contributed by atoms with Crippen LogP contribution in [0.15, 0.2) is 36.4 Å². The number of carbonyl (C=O) groups is 1. The van der Waals surface area contributed by atoms with E-state index in [1.807, 2.05) is 38.1 Å². The van der Waals surface area contributed by atoms with Crippen LogP contribution < -0.4 is 24.8 Å². The zero-order valence-corrected chi connectivity index (χ0v) is 19.9. The van der Waals surface area contributed by atoms with Crippen LogP contribution in [-0.2, 0) is 4.79 Å². The number of anilines is 3. The summed E-state index contributed by atoms with van der Waals surface area (Å²) in [5.41, 5.74) is 3.72. The van der Waals surface area contributed by atoms with Crippen LogP contribution in [0.1, 0.15) is 18.4 Å². The molecule has 0 radical (unpaired) electrons. The van der Waals surface area contributed by atoms with Gasteiger partial charge in [0.1, 0.15) is 11.3 Å². The molecule has 2 N–H and O–H groups in total. The maximum atomic E-state index is 11.3. The molecule has 1 amide bonds. The highest BCUT2D eigenvalue weighted by molar-refractivity contribution is 5.89. The number of imidazole rings is 1. The van der Waals surface area contributed by atoms with E-state index >= 15 is 0 Å². The minimum Gasteiger partial charge on any atom is -0.493 e. The molecule has 4 rings (SSSR count). The summed E-state index contributed by atoms with van der Waals surface area (Å²) < 4.78 is 18.1. The first-order chi connectivity index (χ1) is 16.3. The number of ether oxygens (including phenoxy) is 3. The molecule has 34 heavy (non-hydrogen) atoms. The SMILES string of the molecule is COc1cc(Nc2nc(-c3ccc(NC(C)=O)cc3)nn3c(C)nc(C)c23)cc(OC)c1OC. The highest BCUT2D eigenvalue weighted by atomic mass is 16.5. The molecule has 176 valence electrons. The largest absolute Gasteiger partial charge is 0.493 e. The van der Waals surface area contributed by atoms with Gasteiger partial charge in [-0.25, -0.2) is 14.5 Å². The number of fused-ring (bicyclic) bond motifs is 1. The van der Waals surface area contributed by atoms with E-state index in [0.717, 1.165) is 22.6 Å². The van der Waals surface area contributed by atoms with Gasteiger partial charge in [0.2, 0.25) is 11.7 Å². The Balaban J connectivity index is 1.82. The molecule has 0 aliphatic carbocycles. The third-order valence-corrected chi connectivity index (χ3v) is 5.22. The number of nitrogens with zero attached hydrogens (tertiary/aromatic N) is 4. The molecule has 0 bridgehead atoms. The van der Waals surface area contributed by atoms with Crippen molar-refractivity contribution in [3.63, 3.8) is 0 Å². The van der Waals surface area contributed by atoms with E-state index in [2.05, 4.69) is 15.6 Å². The second kappa shape index (κ2) is 9.26. The second-order valence-corrected chi connectivity index (χ2v) is 7.59. The Bertz CT molecular complexity index is 1340. The van der Waals surface area contributed by atoms with Gasteiger partial charge < -0.3 is 24.8 Å². The van der Waals surface area contributed by atoms with Crippen molar-refractivity contribution in [1.82, 2.24) is 19.6 Å². The smallest absolute Gasteiger partial charge is 0.221 e. The van der Waals surface area contributed by atoms with E-state index in [0.29, 0.717) is 40.3 Å². The van der Waals surface area contributed by atoms with Gasteiger partial charge in [-0.15, -0.1) is 5.10 Å². The minimum atomic E-state index is -0.133. The number of carbonyl (C=O) groups excluding carboxylic acids is 1. The molecule has 2 aromatic carbocycles. The molecule has 0 aliphatic rings. The lowest BCUT2D eigenvalue weighted by Gasteiger charge is -2.16. The van der Waals surface area contributed by atoms with Crippen molar-refractivity contribution in [2.24, 2.45) is 0 Å². The van der Waals surface area contributed by atoms with E-state index in [9.17, 15) is 4.79 Å². The predicted octanol–water partition coefficient (Wildman–Crippen LogP) is 4.14. The van der Waals surface area contributed by atoms with Crippen LogP contribution in [0.3, 0.4) is 0 Å². The van der Waals surface area contributed by atoms with Gasteiger partial charge in [0.15, 0.2) is 23.1 Å². The Kier molecular flexibility index (Phi) is 6.22. The number of benzene rings is 2. The van der Waals surface area contributed by atoms with Crippen molar-refractivity contribution in [1.29, 1.82) is 0 Å². The number of rotatable bonds is 7. The topological polar surface area (TPSA) is 112 Å². The van der Waals surface area contributed by atoms with E-state index < -0.39 is 0 Å². The van der Waals surface area contributed by atoms with Crippen molar-refractivity contribution < 1.29 is 19.0 Å². The fourth-order valence-electron chi connectivity index (χ4n) is 3.73. The zero-order chi connectivity index (χ0) is 24.4. The van der Waals surface area contributed by atoms with Crippen LogP contribution in [0.25, 0.3) is 16.9 Å². The number of aromatic nitrogens is 4. The third-order valence-electron chi connectivity index (χ3n) is 5.22. The molecule has 0 aliphatic heterocycles. The van der Waals surface area contributed by atoms with Crippen LogP contribution in [0.5, 0.6) is 17.2 Å². The lowest BCUT2D eigenvalue weighted by Crippen LogP contribution is -2.07. The normalized spacial score (nSPS) is 10.8. The van der Waals surface area contributed by atoms with Crippen molar-refractivity contribution in [2.75, 3.05) is 32.0 Å². The Morgan fingerprint density at radius 1 is 0.912 bits per heavy atom. The molecule has 0 saturated carbocycles. The fraction of sp³-hybridized carbons (Fsp3) is 0.250. The standard InChI is InChI=1S/C24H26N6O4/c1-13-21-24(27-18-11-19(32-4)22(34-6)20(12-18)33-5)28-23(29-30(21)14(2)25-13)16-7-9-17(10-8-16)26-15(3)31/h7-12H,1-6H3,(H,26,31)(H,27,28,29). The number of amides is 1. The molecule has 10 nitrogen and oxygen atoms in total. The first kappa shape index (κ1) is 22.8. The Morgan fingerprint density at radius 3 is 2.12 bits per heavy atom. The highest BCUT2D eigenvalue weighted by Gasteiger charge is 2.18. The molecule has 2 heterocycles. The zero-order valence-electron chi connectivity index (χ0n) is 19.9. The molecule has 2 aromatic heterocycles. The van der Waals surface area contributed by atoms with Crippen LogP contribution in [0.4, 0.5) is 17.2 Å². The monoisotopic (exact) mass is 462 g/mol. The summed E-state index contributed by atoms with van der Waals surface area (Å²) in [5.74, 6) is 3.21. The number of hydrogen-bond donors (Lipinski definition) is 2. The summed E-state index contributed by atoms with van der Waals surface area (Å²) >= 11 is 0. The summed E-state index contributed by atoms with van der Waals surface area (Å²) in [5, 5.41) is 10.8. The van der Waals surface area contributed by atoms with Crippen LogP contribution >= 0.6 is 0 Å². The maximum absolute atomic E-state index is 11.3. The molecule has 4 aromatic rings. The van der Waals surface area contributed by atoms with Gasteiger partial charge in [0.25, 0.3) is 0 Å². The van der Waals surface area contributed by atoms with Crippen LogP contribution in [-0.4, -0.2) is 46.8 Å². The molecular weight excluding hydrogens is 436 g/mol. The lowest BCUT2D eigenvalue weighted by molar-refractivity contribution is -0.114. The van der Waals surface area contributed by atoms with E-state index in [1.165, 1.54) is 6.92 Å². The summed E-state index contributed by atoms with van der Waals surface area (Å²) in [4.78, 5) is 20.7. The maximum Gasteiger partial charge on any atom is 0.221 e. The van der Waals surface area contributed by atoms with Gasteiger partial charge in [0.05, 0.1) is 27.0 Å². The van der Waals surface area contributed by atoms with Crippen LogP contribution in [0, 0.1) is 13.8 Å². The Hall–Kier alpha value is -4.34. The van der Waals surface area contributed by atoms with E-state index in [-0.39, 0.29) is 5.91 Å². The average molecular weight is 463 g/mol. The predicted molar refractivity (Wildman–Crippen MR) is 129 cm³/mol.